The van der Waals surface area contributed by atoms with E-state index in [1.165, 1.54) is 5.56 Å². The Morgan fingerprint density at radius 1 is 1.07 bits per heavy atom. The molecule has 0 radical (unpaired) electrons. The van der Waals surface area contributed by atoms with Gasteiger partial charge >= 0.3 is 0 Å². The molecular formula is C21H21N3O2S. The van der Waals surface area contributed by atoms with Crippen LogP contribution < -0.4 is 5.32 Å². The van der Waals surface area contributed by atoms with Crippen LogP contribution in [0, 0.1) is 20.8 Å². The van der Waals surface area contributed by atoms with Crippen LogP contribution in [-0.2, 0) is 22.3 Å². The Kier molecular flexibility index (Phi) is 4.44. The second-order valence-electron chi connectivity index (χ2n) is 7.03. The predicted molar refractivity (Wildman–Crippen MR) is 108 cm³/mol. The fraction of sp³-hybridized carbons (Fsp3) is 0.238. The quantitative estimate of drug-likeness (QED) is 0.753. The first kappa shape index (κ1) is 17.7. The van der Waals surface area contributed by atoms with Crippen LogP contribution >= 0.6 is 0 Å². The SMILES string of the molecule is Cc1cccc(C(=O)Nc2c3c(nn2-c2ccc(C)cc2C)CS(=O)C3)c1. The van der Waals surface area contributed by atoms with E-state index >= 15 is 0 Å². The van der Waals surface area contributed by atoms with E-state index in [0.717, 1.165) is 28.1 Å². The molecule has 0 saturated heterocycles. The average molecular weight is 379 g/mol. The molecule has 0 bridgehead atoms. The molecule has 1 aliphatic rings. The topological polar surface area (TPSA) is 64.0 Å². The lowest BCUT2D eigenvalue weighted by molar-refractivity contribution is 0.102. The average Bonchev–Trinajstić information content (AvgIpc) is 3.12. The number of anilines is 1. The summed E-state index contributed by atoms with van der Waals surface area (Å²) >= 11 is 0. The summed E-state index contributed by atoms with van der Waals surface area (Å²) in [5.74, 6) is 1.28. The number of carbonyl (C=O) groups is 1. The summed E-state index contributed by atoms with van der Waals surface area (Å²) in [5.41, 5.74) is 6.45. The van der Waals surface area contributed by atoms with Crippen molar-refractivity contribution < 1.29 is 9.00 Å². The monoisotopic (exact) mass is 379 g/mol. The molecule has 2 heterocycles. The molecule has 0 spiro atoms. The van der Waals surface area contributed by atoms with Gasteiger partial charge in [-0.2, -0.15) is 5.10 Å². The molecule has 0 saturated carbocycles. The van der Waals surface area contributed by atoms with Crippen molar-refractivity contribution in [2.24, 2.45) is 0 Å². The van der Waals surface area contributed by atoms with E-state index in [0.29, 0.717) is 22.9 Å². The van der Waals surface area contributed by atoms with Crippen molar-refractivity contribution in [3.05, 3.63) is 76.0 Å². The third-order valence-corrected chi connectivity index (χ3v) is 5.97. The normalized spacial score (nSPS) is 15.6. The van der Waals surface area contributed by atoms with Crippen molar-refractivity contribution >= 4 is 22.5 Å². The highest BCUT2D eigenvalue weighted by atomic mass is 32.2. The number of hydrogen-bond donors (Lipinski definition) is 1. The van der Waals surface area contributed by atoms with Crippen LogP contribution in [0.4, 0.5) is 5.82 Å². The Morgan fingerprint density at radius 2 is 1.85 bits per heavy atom. The Bertz CT molecular complexity index is 1090. The number of nitrogens with one attached hydrogen (secondary N) is 1. The van der Waals surface area contributed by atoms with E-state index in [-0.39, 0.29) is 5.91 Å². The molecule has 5 nitrogen and oxygen atoms in total. The lowest BCUT2D eigenvalue weighted by atomic mass is 10.1. The van der Waals surface area contributed by atoms with Crippen LogP contribution in [-0.4, -0.2) is 19.9 Å². The maximum atomic E-state index is 12.8. The van der Waals surface area contributed by atoms with Crippen LogP contribution in [0.15, 0.2) is 42.5 Å². The number of aryl methyl sites for hydroxylation is 3. The van der Waals surface area contributed by atoms with Crippen LogP contribution in [0.1, 0.15) is 38.3 Å². The molecule has 1 N–H and O–H groups in total. The maximum absolute atomic E-state index is 12.8. The van der Waals surface area contributed by atoms with E-state index in [1.54, 1.807) is 10.7 Å². The summed E-state index contributed by atoms with van der Waals surface area (Å²) in [5, 5.41) is 7.70. The van der Waals surface area contributed by atoms with Crippen molar-refractivity contribution in [1.82, 2.24) is 9.78 Å². The fourth-order valence-corrected chi connectivity index (χ4v) is 4.70. The molecule has 1 unspecified atom stereocenters. The van der Waals surface area contributed by atoms with Gasteiger partial charge in [-0.3, -0.25) is 9.00 Å². The van der Waals surface area contributed by atoms with Crippen molar-refractivity contribution in [1.29, 1.82) is 0 Å². The Morgan fingerprint density at radius 3 is 2.59 bits per heavy atom. The minimum atomic E-state index is -0.962. The van der Waals surface area contributed by atoms with Gasteiger partial charge in [0.15, 0.2) is 0 Å². The van der Waals surface area contributed by atoms with Crippen molar-refractivity contribution in [3.8, 4) is 5.69 Å². The largest absolute Gasteiger partial charge is 0.306 e. The highest BCUT2D eigenvalue weighted by molar-refractivity contribution is 7.83. The third-order valence-electron chi connectivity index (χ3n) is 4.76. The molecular weight excluding hydrogens is 358 g/mol. The number of nitrogens with zero attached hydrogens (tertiary/aromatic N) is 2. The minimum Gasteiger partial charge on any atom is -0.306 e. The Labute approximate surface area is 160 Å². The summed E-state index contributed by atoms with van der Waals surface area (Å²) in [7, 11) is -0.962. The zero-order chi connectivity index (χ0) is 19.1. The van der Waals surface area contributed by atoms with Crippen LogP contribution in [0.5, 0.6) is 0 Å². The van der Waals surface area contributed by atoms with Gasteiger partial charge in [0.2, 0.25) is 0 Å². The smallest absolute Gasteiger partial charge is 0.256 e. The van der Waals surface area contributed by atoms with Gasteiger partial charge < -0.3 is 5.32 Å². The number of fused-ring (bicyclic) bond motifs is 1. The summed E-state index contributed by atoms with van der Waals surface area (Å²) in [6.45, 7) is 6.03. The zero-order valence-electron chi connectivity index (χ0n) is 15.6. The van der Waals surface area contributed by atoms with Crippen molar-refractivity contribution in [2.45, 2.75) is 32.3 Å². The highest BCUT2D eigenvalue weighted by Crippen LogP contribution is 2.32. The van der Waals surface area contributed by atoms with Gasteiger partial charge in [0, 0.05) is 21.9 Å². The zero-order valence-corrected chi connectivity index (χ0v) is 16.4. The van der Waals surface area contributed by atoms with Gasteiger partial charge in [-0.05, 0) is 44.5 Å². The second kappa shape index (κ2) is 6.78. The van der Waals surface area contributed by atoms with Gasteiger partial charge in [-0.25, -0.2) is 4.68 Å². The molecule has 0 fully saturated rings. The minimum absolute atomic E-state index is 0.190. The van der Waals surface area contributed by atoms with Gasteiger partial charge in [0.25, 0.3) is 5.91 Å². The van der Waals surface area contributed by atoms with Crippen LogP contribution in [0.2, 0.25) is 0 Å². The number of rotatable bonds is 3. The maximum Gasteiger partial charge on any atom is 0.256 e. The molecule has 4 rings (SSSR count). The first-order valence-electron chi connectivity index (χ1n) is 8.84. The number of hydrogen-bond acceptors (Lipinski definition) is 3. The predicted octanol–water partition coefficient (Wildman–Crippen LogP) is 3.81. The van der Waals surface area contributed by atoms with Gasteiger partial charge in [-0.15, -0.1) is 0 Å². The summed E-state index contributed by atoms with van der Waals surface area (Å²) in [4.78, 5) is 12.8. The Hall–Kier alpha value is -2.73. The van der Waals surface area contributed by atoms with E-state index in [4.69, 9.17) is 0 Å². The lowest BCUT2D eigenvalue weighted by Gasteiger charge is -2.13. The van der Waals surface area contributed by atoms with Crippen LogP contribution in [0.3, 0.4) is 0 Å². The first-order chi connectivity index (χ1) is 12.9. The van der Waals surface area contributed by atoms with Crippen LogP contribution in [0.25, 0.3) is 5.69 Å². The molecule has 2 aromatic carbocycles. The van der Waals surface area contributed by atoms with Gasteiger partial charge in [0.05, 0.1) is 22.9 Å². The van der Waals surface area contributed by atoms with Crippen molar-refractivity contribution in [2.75, 3.05) is 5.32 Å². The number of carbonyl (C=O) groups excluding carboxylic acids is 1. The molecule has 1 aliphatic heterocycles. The van der Waals surface area contributed by atoms with E-state index in [2.05, 4.69) is 16.5 Å². The van der Waals surface area contributed by atoms with Crippen molar-refractivity contribution in [3.63, 3.8) is 0 Å². The van der Waals surface area contributed by atoms with E-state index in [9.17, 15) is 9.00 Å². The fourth-order valence-electron chi connectivity index (χ4n) is 3.44. The summed E-state index contributed by atoms with van der Waals surface area (Å²) in [6, 6.07) is 13.6. The molecule has 6 heteroatoms. The summed E-state index contributed by atoms with van der Waals surface area (Å²) < 4.78 is 13.8. The highest BCUT2D eigenvalue weighted by Gasteiger charge is 2.28. The molecule has 1 aromatic heterocycles. The molecule has 1 atom stereocenters. The second-order valence-corrected chi connectivity index (χ2v) is 8.48. The Balaban J connectivity index is 1.79. The van der Waals surface area contributed by atoms with E-state index in [1.807, 2.05) is 51.1 Å². The lowest BCUT2D eigenvalue weighted by Crippen LogP contribution is -2.17. The van der Waals surface area contributed by atoms with Gasteiger partial charge in [0.1, 0.15) is 5.82 Å². The third kappa shape index (κ3) is 3.32. The number of aromatic nitrogens is 2. The van der Waals surface area contributed by atoms with Gasteiger partial charge in [-0.1, -0.05) is 35.4 Å². The first-order valence-corrected chi connectivity index (χ1v) is 10.3. The number of amides is 1. The molecule has 1 amide bonds. The summed E-state index contributed by atoms with van der Waals surface area (Å²) in [6.07, 6.45) is 0. The number of benzene rings is 2. The molecule has 138 valence electrons. The molecule has 27 heavy (non-hydrogen) atoms. The van der Waals surface area contributed by atoms with E-state index < -0.39 is 10.8 Å². The molecule has 3 aromatic rings. The standard InChI is InChI=1S/C21H21N3O2S/c1-13-5-4-6-16(10-13)21(25)22-20-17-11-27(26)12-18(17)23-24(20)19-8-7-14(2)9-15(19)3/h4-10H,11-12H2,1-3H3,(H,22,25). The molecule has 0 aliphatic carbocycles.